The van der Waals surface area contributed by atoms with Crippen LogP contribution in [0.2, 0.25) is 10.0 Å². The van der Waals surface area contributed by atoms with Gasteiger partial charge in [0.05, 0.1) is 11.6 Å². The van der Waals surface area contributed by atoms with Crippen molar-refractivity contribution in [3.63, 3.8) is 0 Å². The number of halogens is 2. The van der Waals surface area contributed by atoms with Crippen LogP contribution < -0.4 is 10.1 Å². The lowest BCUT2D eigenvalue weighted by molar-refractivity contribution is -0.122. The number of carbonyl (C=O) groups excluding carboxylic acids is 1. The molecule has 0 radical (unpaired) electrons. The number of nitrogens with zero attached hydrogens (tertiary/aromatic N) is 4. The first-order chi connectivity index (χ1) is 12.6. The molecule has 0 unspecified atom stereocenters. The van der Waals surface area contributed by atoms with Crippen molar-refractivity contribution in [1.29, 1.82) is 0 Å². The van der Waals surface area contributed by atoms with E-state index >= 15 is 0 Å². The maximum Gasteiger partial charge on any atom is 0.243 e. The lowest BCUT2D eigenvalue weighted by atomic mass is 10.2. The second-order valence-electron chi connectivity index (χ2n) is 5.28. The van der Waals surface area contributed by atoms with E-state index in [0.29, 0.717) is 40.3 Å². The molecule has 3 aromatic rings. The highest BCUT2D eigenvalue weighted by Gasteiger charge is 2.11. The van der Waals surface area contributed by atoms with Crippen LogP contribution in [-0.2, 0) is 11.3 Å². The topological polar surface area (TPSA) is 81.9 Å². The van der Waals surface area contributed by atoms with Gasteiger partial charge in [-0.1, -0.05) is 35.3 Å². The van der Waals surface area contributed by atoms with Crippen LogP contribution in [0.4, 0.5) is 0 Å². The molecule has 1 N–H and O–H groups in total. The van der Waals surface area contributed by atoms with Gasteiger partial charge in [-0.15, -0.1) is 10.2 Å². The number of aromatic nitrogens is 4. The second-order valence-corrected chi connectivity index (χ2v) is 6.12. The average Bonchev–Trinajstić information content (AvgIpc) is 3.09. The Bertz CT molecular complexity index is 883. The van der Waals surface area contributed by atoms with E-state index in [4.69, 9.17) is 27.9 Å². The molecule has 0 saturated carbocycles. The van der Waals surface area contributed by atoms with Crippen LogP contribution in [0.5, 0.6) is 5.75 Å². The zero-order valence-electron chi connectivity index (χ0n) is 13.6. The van der Waals surface area contributed by atoms with Crippen molar-refractivity contribution in [3.05, 3.63) is 58.6 Å². The van der Waals surface area contributed by atoms with E-state index in [1.807, 2.05) is 12.1 Å². The molecule has 134 valence electrons. The number of rotatable bonds is 7. The van der Waals surface area contributed by atoms with Crippen molar-refractivity contribution in [3.8, 4) is 17.1 Å². The lowest BCUT2D eigenvalue weighted by Crippen LogP contribution is -2.31. The quantitative estimate of drug-likeness (QED) is 0.626. The molecule has 3 rings (SSSR count). The van der Waals surface area contributed by atoms with Crippen molar-refractivity contribution < 1.29 is 9.53 Å². The van der Waals surface area contributed by atoms with Gasteiger partial charge in [-0.3, -0.25) is 4.79 Å². The molecule has 0 spiro atoms. The van der Waals surface area contributed by atoms with Crippen LogP contribution in [0.15, 0.2) is 48.5 Å². The number of amides is 1. The Hall–Kier alpha value is -2.64. The first-order valence-corrected chi connectivity index (χ1v) is 8.55. The summed E-state index contributed by atoms with van der Waals surface area (Å²) in [7, 11) is 0. The molecular formula is C17H15Cl2N5O2. The fourth-order valence-corrected chi connectivity index (χ4v) is 2.48. The lowest BCUT2D eigenvalue weighted by Gasteiger charge is -2.07. The Morgan fingerprint density at radius 2 is 1.88 bits per heavy atom. The number of carbonyl (C=O) groups is 1. The van der Waals surface area contributed by atoms with Gasteiger partial charge >= 0.3 is 0 Å². The van der Waals surface area contributed by atoms with E-state index in [2.05, 4.69) is 20.7 Å². The molecule has 0 aliphatic heterocycles. The molecule has 0 fully saturated rings. The minimum atomic E-state index is -0.243. The fourth-order valence-electron chi connectivity index (χ4n) is 2.14. The molecule has 0 aliphatic carbocycles. The molecule has 0 aliphatic rings. The fraction of sp³-hybridized carbons (Fsp3) is 0.176. The van der Waals surface area contributed by atoms with Crippen LogP contribution in [0.1, 0.15) is 0 Å². The maximum absolute atomic E-state index is 11.9. The van der Waals surface area contributed by atoms with Crippen molar-refractivity contribution >= 4 is 29.1 Å². The molecule has 0 bridgehead atoms. The zero-order valence-corrected chi connectivity index (χ0v) is 15.1. The van der Waals surface area contributed by atoms with E-state index < -0.39 is 0 Å². The summed E-state index contributed by atoms with van der Waals surface area (Å²) < 4.78 is 5.50. The Labute approximate surface area is 159 Å². The number of ether oxygens (including phenoxy) is 1. The normalized spacial score (nSPS) is 10.5. The van der Waals surface area contributed by atoms with Crippen molar-refractivity contribution in [2.24, 2.45) is 0 Å². The minimum Gasteiger partial charge on any atom is -0.492 e. The molecular weight excluding hydrogens is 377 g/mol. The molecule has 7 nitrogen and oxygen atoms in total. The Kier molecular flexibility index (Phi) is 6.04. The third-order valence-corrected chi connectivity index (χ3v) is 3.94. The van der Waals surface area contributed by atoms with Crippen LogP contribution in [0.3, 0.4) is 0 Å². The highest BCUT2D eigenvalue weighted by molar-refractivity contribution is 6.33. The summed E-state index contributed by atoms with van der Waals surface area (Å²) in [5.41, 5.74) is 0.664. The van der Waals surface area contributed by atoms with Crippen LogP contribution in [0, 0.1) is 0 Å². The maximum atomic E-state index is 11.9. The number of hydrogen-bond donors (Lipinski definition) is 1. The Balaban J connectivity index is 1.45. The Morgan fingerprint density at radius 3 is 2.65 bits per heavy atom. The Morgan fingerprint density at radius 1 is 1.12 bits per heavy atom. The van der Waals surface area contributed by atoms with Crippen molar-refractivity contribution in [2.45, 2.75) is 6.54 Å². The summed E-state index contributed by atoms with van der Waals surface area (Å²) in [5.74, 6) is 0.813. The van der Waals surface area contributed by atoms with Gasteiger partial charge in [-0.2, -0.15) is 4.80 Å². The van der Waals surface area contributed by atoms with E-state index in [-0.39, 0.29) is 12.5 Å². The number of nitrogens with one attached hydrogen (secondary N) is 1. The molecule has 26 heavy (non-hydrogen) atoms. The summed E-state index contributed by atoms with van der Waals surface area (Å²) in [5, 5.41) is 15.9. The van der Waals surface area contributed by atoms with Crippen LogP contribution in [0.25, 0.3) is 11.4 Å². The molecule has 9 heteroatoms. The molecule has 1 heterocycles. The predicted molar refractivity (Wildman–Crippen MR) is 98.2 cm³/mol. The second kappa shape index (κ2) is 8.64. The van der Waals surface area contributed by atoms with Gasteiger partial charge in [0.15, 0.2) is 0 Å². The summed E-state index contributed by atoms with van der Waals surface area (Å²) in [6.45, 7) is 0.648. The summed E-state index contributed by atoms with van der Waals surface area (Å²) in [4.78, 5) is 13.2. The van der Waals surface area contributed by atoms with Gasteiger partial charge in [0.2, 0.25) is 11.7 Å². The van der Waals surface area contributed by atoms with Crippen LogP contribution >= 0.6 is 23.2 Å². The monoisotopic (exact) mass is 391 g/mol. The third kappa shape index (κ3) is 4.93. The first-order valence-electron chi connectivity index (χ1n) is 7.79. The van der Waals surface area contributed by atoms with Crippen LogP contribution in [-0.4, -0.2) is 39.3 Å². The van der Waals surface area contributed by atoms with E-state index in [0.717, 1.165) is 0 Å². The van der Waals surface area contributed by atoms with Gasteiger partial charge in [-0.25, -0.2) is 0 Å². The average molecular weight is 392 g/mol. The van der Waals surface area contributed by atoms with E-state index in [9.17, 15) is 4.79 Å². The largest absolute Gasteiger partial charge is 0.492 e. The summed E-state index contributed by atoms with van der Waals surface area (Å²) in [6, 6.07) is 14.2. The SMILES string of the molecule is O=C(Cn1nnc(-c2ccccc2Cl)n1)NCCOc1ccc(Cl)cc1. The molecule has 1 aromatic heterocycles. The standard InChI is InChI=1S/C17H15Cl2N5O2/c18-12-5-7-13(8-6-12)26-10-9-20-16(25)11-24-22-17(21-23-24)14-3-1-2-4-15(14)19/h1-8H,9-11H2,(H,20,25). The minimum absolute atomic E-state index is 0.0433. The van der Waals surface area contributed by atoms with E-state index in [1.54, 1.807) is 36.4 Å². The predicted octanol–water partition coefficient (Wildman–Crippen LogP) is 2.84. The van der Waals surface area contributed by atoms with Gasteiger partial charge < -0.3 is 10.1 Å². The molecule has 0 atom stereocenters. The summed E-state index contributed by atoms with van der Waals surface area (Å²) >= 11 is 11.9. The van der Waals surface area contributed by atoms with Crippen molar-refractivity contribution in [1.82, 2.24) is 25.5 Å². The summed E-state index contributed by atoms with van der Waals surface area (Å²) in [6.07, 6.45) is 0. The number of tetrazole rings is 1. The van der Waals surface area contributed by atoms with E-state index in [1.165, 1.54) is 4.80 Å². The molecule has 1 amide bonds. The van der Waals surface area contributed by atoms with Gasteiger partial charge in [0, 0.05) is 10.6 Å². The number of benzene rings is 2. The van der Waals surface area contributed by atoms with Gasteiger partial charge in [-0.05, 0) is 41.6 Å². The third-order valence-electron chi connectivity index (χ3n) is 3.36. The van der Waals surface area contributed by atoms with Crippen molar-refractivity contribution in [2.75, 3.05) is 13.2 Å². The molecule has 2 aromatic carbocycles. The highest BCUT2D eigenvalue weighted by Crippen LogP contribution is 2.23. The van der Waals surface area contributed by atoms with Gasteiger partial charge in [0.25, 0.3) is 0 Å². The van der Waals surface area contributed by atoms with Gasteiger partial charge in [0.1, 0.15) is 18.9 Å². The number of hydrogen-bond acceptors (Lipinski definition) is 5. The first kappa shape index (κ1) is 18.2. The smallest absolute Gasteiger partial charge is 0.243 e. The highest BCUT2D eigenvalue weighted by atomic mass is 35.5. The zero-order chi connectivity index (χ0) is 18.4. The molecule has 0 saturated heterocycles.